The molecule has 0 aliphatic rings. The Morgan fingerprint density at radius 3 is 2.07 bits per heavy atom. The second kappa shape index (κ2) is 10.2. The normalized spacial score (nSPS) is 11.5. The van der Waals surface area contributed by atoms with Crippen LogP contribution < -0.4 is 10.1 Å². The second-order valence-electron chi connectivity index (χ2n) is 6.41. The number of nitrogens with one attached hydrogen (secondary N) is 1. The van der Waals surface area contributed by atoms with E-state index in [9.17, 15) is 4.79 Å². The van der Waals surface area contributed by atoms with Crippen molar-refractivity contribution in [1.82, 2.24) is 0 Å². The van der Waals surface area contributed by atoms with Gasteiger partial charge in [-0.05, 0) is 42.3 Å². The molecule has 4 nitrogen and oxygen atoms in total. The lowest BCUT2D eigenvalue weighted by Crippen LogP contribution is -2.31. The maximum atomic E-state index is 12.3. The van der Waals surface area contributed by atoms with E-state index < -0.39 is 6.10 Å². The zero-order chi connectivity index (χ0) is 19.6. The van der Waals surface area contributed by atoms with Gasteiger partial charge in [0.1, 0.15) is 5.75 Å². The molecule has 1 atom stereocenters. The topological polar surface area (TPSA) is 47.6 Å². The fourth-order valence-electron chi connectivity index (χ4n) is 2.85. The van der Waals surface area contributed by atoms with Crippen LogP contribution in [-0.2, 0) is 22.5 Å². The highest BCUT2D eigenvalue weighted by Gasteiger charge is 2.22. The van der Waals surface area contributed by atoms with E-state index in [1.165, 1.54) is 5.56 Å². The number of rotatable bonds is 9. The van der Waals surface area contributed by atoms with Gasteiger partial charge in [-0.25, -0.2) is 4.79 Å². The lowest BCUT2D eigenvalue weighted by Gasteiger charge is -2.18. The van der Waals surface area contributed by atoms with E-state index in [0.29, 0.717) is 18.8 Å². The summed E-state index contributed by atoms with van der Waals surface area (Å²) in [5.74, 6) is 0.289. The van der Waals surface area contributed by atoms with Gasteiger partial charge in [-0.1, -0.05) is 60.7 Å². The van der Waals surface area contributed by atoms with Gasteiger partial charge in [0.05, 0.1) is 6.61 Å². The zero-order valence-electron chi connectivity index (χ0n) is 16.0. The summed E-state index contributed by atoms with van der Waals surface area (Å²) in [5, 5.41) is 3.38. The summed E-state index contributed by atoms with van der Waals surface area (Å²) in [6, 6.07) is 27.6. The third-order valence-electron chi connectivity index (χ3n) is 4.29. The molecule has 0 aromatic heterocycles. The fraction of sp³-hybridized carbons (Fsp3) is 0.208. The highest BCUT2D eigenvalue weighted by atomic mass is 16.6. The smallest absolute Gasteiger partial charge is 0.347 e. The first-order chi connectivity index (χ1) is 13.7. The van der Waals surface area contributed by atoms with Crippen LogP contribution in [0.1, 0.15) is 18.1 Å². The van der Waals surface area contributed by atoms with Gasteiger partial charge in [0.25, 0.3) is 0 Å². The SMILES string of the molecule is CCOC(=O)C(Cc1ccccc1)Oc1ccc(NCc2ccccc2)cc1. The van der Waals surface area contributed by atoms with Crippen LogP contribution in [0.3, 0.4) is 0 Å². The second-order valence-corrected chi connectivity index (χ2v) is 6.41. The molecule has 0 spiro atoms. The molecule has 0 saturated heterocycles. The van der Waals surface area contributed by atoms with Gasteiger partial charge in [-0.15, -0.1) is 0 Å². The summed E-state index contributed by atoms with van der Waals surface area (Å²) in [7, 11) is 0. The van der Waals surface area contributed by atoms with Crippen molar-refractivity contribution < 1.29 is 14.3 Å². The summed E-state index contributed by atoms with van der Waals surface area (Å²) in [6.07, 6.45) is -0.210. The van der Waals surface area contributed by atoms with E-state index in [0.717, 1.165) is 17.8 Å². The minimum absolute atomic E-state index is 0.329. The fourth-order valence-corrected chi connectivity index (χ4v) is 2.85. The van der Waals surface area contributed by atoms with E-state index >= 15 is 0 Å². The van der Waals surface area contributed by atoms with Crippen molar-refractivity contribution >= 4 is 11.7 Å². The van der Waals surface area contributed by atoms with Crippen molar-refractivity contribution in [3.63, 3.8) is 0 Å². The van der Waals surface area contributed by atoms with Gasteiger partial charge < -0.3 is 14.8 Å². The first-order valence-electron chi connectivity index (χ1n) is 9.49. The van der Waals surface area contributed by atoms with E-state index in [1.807, 2.05) is 72.8 Å². The summed E-state index contributed by atoms with van der Waals surface area (Å²) < 4.78 is 11.1. The number of carbonyl (C=O) groups is 1. The van der Waals surface area contributed by atoms with Crippen LogP contribution in [0.15, 0.2) is 84.9 Å². The summed E-state index contributed by atoms with van der Waals surface area (Å²) in [5.41, 5.74) is 3.24. The van der Waals surface area contributed by atoms with Crippen LogP contribution in [-0.4, -0.2) is 18.7 Å². The summed E-state index contributed by atoms with van der Waals surface area (Å²) in [4.78, 5) is 12.3. The minimum atomic E-state index is -0.675. The first-order valence-corrected chi connectivity index (χ1v) is 9.49. The van der Waals surface area contributed by atoms with Crippen molar-refractivity contribution in [2.75, 3.05) is 11.9 Å². The highest BCUT2D eigenvalue weighted by Crippen LogP contribution is 2.19. The maximum absolute atomic E-state index is 12.3. The molecule has 0 bridgehead atoms. The molecule has 3 rings (SSSR count). The lowest BCUT2D eigenvalue weighted by atomic mass is 10.1. The molecule has 0 amide bonds. The molecule has 144 valence electrons. The molecular weight excluding hydrogens is 350 g/mol. The molecule has 0 radical (unpaired) electrons. The van der Waals surface area contributed by atoms with Gasteiger partial charge >= 0.3 is 5.97 Å². The molecule has 3 aromatic carbocycles. The van der Waals surface area contributed by atoms with E-state index in [4.69, 9.17) is 9.47 Å². The molecule has 28 heavy (non-hydrogen) atoms. The molecule has 1 N–H and O–H groups in total. The number of benzene rings is 3. The Kier molecular flexibility index (Phi) is 7.08. The Hall–Kier alpha value is -3.27. The average Bonchev–Trinajstić information content (AvgIpc) is 2.74. The van der Waals surface area contributed by atoms with Crippen LogP contribution in [0.5, 0.6) is 5.75 Å². The van der Waals surface area contributed by atoms with Gasteiger partial charge in [0.15, 0.2) is 6.10 Å². The Labute approximate surface area is 166 Å². The molecule has 4 heteroatoms. The van der Waals surface area contributed by atoms with Gasteiger partial charge in [0, 0.05) is 18.7 Å². The molecule has 0 saturated carbocycles. The largest absolute Gasteiger partial charge is 0.478 e. The quantitative estimate of drug-likeness (QED) is 0.543. The monoisotopic (exact) mass is 375 g/mol. The predicted octanol–water partition coefficient (Wildman–Crippen LogP) is 4.85. The van der Waals surface area contributed by atoms with Crippen LogP contribution in [0.2, 0.25) is 0 Å². The average molecular weight is 375 g/mol. The van der Waals surface area contributed by atoms with Gasteiger partial charge in [-0.3, -0.25) is 0 Å². The van der Waals surface area contributed by atoms with Gasteiger partial charge in [0.2, 0.25) is 0 Å². The van der Waals surface area contributed by atoms with E-state index in [1.54, 1.807) is 6.92 Å². The number of esters is 1. The number of hydrogen-bond donors (Lipinski definition) is 1. The molecule has 0 heterocycles. The van der Waals surface area contributed by atoms with Gasteiger partial charge in [-0.2, -0.15) is 0 Å². The molecular formula is C24H25NO3. The molecule has 1 unspecified atom stereocenters. The first kappa shape index (κ1) is 19.5. The van der Waals surface area contributed by atoms with E-state index in [-0.39, 0.29) is 5.97 Å². The number of hydrogen-bond acceptors (Lipinski definition) is 4. The summed E-state index contributed by atoms with van der Waals surface area (Å²) in [6.45, 7) is 2.88. The van der Waals surface area contributed by atoms with Crippen molar-refractivity contribution in [2.45, 2.75) is 26.0 Å². The van der Waals surface area contributed by atoms with Crippen LogP contribution in [0, 0.1) is 0 Å². The third-order valence-corrected chi connectivity index (χ3v) is 4.29. The van der Waals surface area contributed by atoms with Crippen molar-refractivity contribution in [1.29, 1.82) is 0 Å². The maximum Gasteiger partial charge on any atom is 0.347 e. The predicted molar refractivity (Wildman–Crippen MR) is 111 cm³/mol. The van der Waals surface area contributed by atoms with Crippen molar-refractivity contribution in [3.8, 4) is 5.75 Å². The van der Waals surface area contributed by atoms with Crippen LogP contribution >= 0.6 is 0 Å². The zero-order valence-corrected chi connectivity index (χ0v) is 16.0. The third kappa shape index (κ3) is 5.88. The number of carbonyl (C=O) groups excluding carboxylic acids is 1. The highest BCUT2D eigenvalue weighted by molar-refractivity contribution is 5.75. The molecule has 3 aromatic rings. The summed E-state index contributed by atoms with van der Waals surface area (Å²) >= 11 is 0. The Balaban J connectivity index is 1.62. The Morgan fingerprint density at radius 1 is 0.857 bits per heavy atom. The minimum Gasteiger partial charge on any atom is -0.478 e. The number of anilines is 1. The molecule has 0 aliphatic heterocycles. The van der Waals surface area contributed by atoms with Crippen LogP contribution in [0.25, 0.3) is 0 Å². The standard InChI is InChI=1S/C24H25NO3/c1-2-27-24(26)23(17-19-9-5-3-6-10-19)28-22-15-13-21(14-16-22)25-18-20-11-7-4-8-12-20/h3-16,23,25H,2,17-18H2,1H3. The van der Waals surface area contributed by atoms with Crippen LogP contribution in [0.4, 0.5) is 5.69 Å². The Morgan fingerprint density at radius 2 is 1.46 bits per heavy atom. The number of ether oxygens (including phenoxy) is 2. The van der Waals surface area contributed by atoms with Crippen molar-refractivity contribution in [2.24, 2.45) is 0 Å². The van der Waals surface area contributed by atoms with Crippen molar-refractivity contribution in [3.05, 3.63) is 96.1 Å². The lowest BCUT2D eigenvalue weighted by molar-refractivity contribution is -0.151. The molecule has 0 aliphatic carbocycles. The van der Waals surface area contributed by atoms with E-state index in [2.05, 4.69) is 17.4 Å². The molecule has 0 fully saturated rings. The Bertz CT molecular complexity index is 848.